The lowest BCUT2D eigenvalue weighted by Gasteiger charge is -2.27. The van der Waals surface area contributed by atoms with Crippen LogP contribution >= 0.6 is 0 Å². The van der Waals surface area contributed by atoms with E-state index in [1.54, 1.807) is 0 Å². The number of ether oxygens (including phenoxy) is 2. The maximum absolute atomic E-state index is 13.3. The molecule has 4 nitrogen and oxygen atoms in total. The van der Waals surface area contributed by atoms with Gasteiger partial charge in [0.15, 0.2) is 0 Å². The normalized spacial score (nSPS) is 12.3. The number of amides is 1. The van der Waals surface area contributed by atoms with Crippen LogP contribution in [0.3, 0.4) is 0 Å². The maximum Gasteiger partial charge on any atom is 0.236 e. The van der Waals surface area contributed by atoms with Gasteiger partial charge >= 0.3 is 0 Å². The van der Waals surface area contributed by atoms with Gasteiger partial charge in [-0.1, -0.05) is 66.7 Å². The Morgan fingerprint density at radius 3 is 1.97 bits per heavy atom. The molecule has 0 aromatic heterocycles. The molecule has 0 saturated carbocycles. The van der Waals surface area contributed by atoms with E-state index in [9.17, 15) is 4.79 Å². The van der Waals surface area contributed by atoms with Gasteiger partial charge in [0.05, 0.1) is 5.92 Å². The van der Waals surface area contributed by atoms with E-state index in [-0.39, 0.29) is 5.91 Å². The molecule has 0 saturated heterocycles. The highest BCUT2D eigenvalue weighted by Gasteiger charge is 2.32. The Kier molecular flexibility index (Phi) is 5.11. The summed E-state index contributed by atoms with van der Waals surface area (Å²) in [5.41, 5.74) is 3.55. The summed E-state index contributed by atoms with van der Waals surface area (Å²) in [5.74, 6) is 1.65. The van der Waals surface area contributed by atoms with Gasteiger partial charge in [-0.15, -0.1) is 0 Å². The number of nitrogens with one attached hydrogen (secondary N) is 1. The number of carbonyl (C=O) groups is 1. The van der Waals surface area contributed by atoms with Gasteiger partial charge in [0.25, 0.3) is 0 Å². The highest BCUT2D eigenvalue weighted by atomic mass is 16.5. The lowest BCUT2D eigenvalue weighted by atomic mass is 9.87. The fourth-order valence-corrected chi connectivity index (χ4v) is 3.78. The topological polar surface area (TPSA) is 47.6 Å². The smallest absolute Gasteiger partial charge is 0.236 e. The minimum Gasteiger partial charge on any atom is -0.489 e. The molecule has 4 heteroatoms. The molecule has 1 N–H and O–H groups in total. The first-order chi connectivity index (χ1) is 15.3. The van der Waals surface area contributed by atoms with Gasteiger partial charge in [-0.3, -0.25) is 4.79 Å². The molecule has 4 aromatic rings. The maximum atomic E-state index is 13.3. The average Bonchev–Trinajstić information content (AvgIpc) is 2.82. The molecular weight excluding hydrogens is 386 g/mol. The Bertz CT molecular complexity index is 1160. The second-order valence-electron chi connectivity index (χ2n) is 7.40. The lowest BCUT2D eigenvalue weighted by Crippen LogP contribution is -2.25. The molecule has 31 heavy (non-hydrogen) atoms. The van der Waals surface area contributed by atoms with Crippen molar-refractivity contribution in [2.75, 3.05) is 5.32 Å². The molecule has 0 bridgehead atoms. The van der Waals surface area contributed by atoms with Gasteiger partial charge in [0, 0.05) is 16.8 Å². The zero-order valence-corrected chi connectivity index (χ0v) is 16.8. The van der Waals surface area contributed by atoms with Gasteiger partial charge in [-0.05, 0) is 42.0 Å². The highest BCUT2D eigenvalue weighted by Crippen LogP contribution is 2.44. The van der Waals surface area contributed by atoms with Crippen LogP contribution in [-0.2, 0) is 11.4 Å². The number of benzene rings is 4. The van der Waals surface area contributed by atoms with E-state index >= 15 is 0 Å². The summed E-state index contributed by atoms with van der Waals surface area (Å²) in [6.07, 6.45) is 0. The second kappa shape index (κ2) is 8.36. The number of carbonyl (C=O) groups excluding carboxylic acids is 1. The van der Waals surface area contributed by atoms with E-state index in [1.807, 2.05) is 103 Å². The molecule has 0 radical (unpaired) electrons. The third-order valence-electron chi connectivity index (χ3n) is 5.31. The molecule has 1 heterocycles. The predicted octanol–water partition coefficient (Wildman–Crippen LogP) is 6.14. The van der Waals surface area contributed by atoms with Crippen molar-refractivity contribution in [3.8, 4) is 17.2 Å². The molecule has 0 spiro atoms. The van der Waals surface area contributed by atoms with Gasteiger partial charge in [0.1, 0.15) is 23.9 Å². The third-order valence-corrected chi connectivity index (χ3v) is 5.31. The fraction of sp³-hybridized carbons (Fsp3) is 0.0741. The number of anilines is 1. The first kappa shape index (κ1) is 18.9. The summed E-state index contributed by atoms with van der Waals surface area (Å²) in [6, 6.07) is 32.8. The van der Waals surface area contributed by atoms with Crippen LogP contribution in [0.25, 0.3) is 0 Å². The number of para-hydroxylation sites is 2. The second-order valence-corrected chi connectivity index (χ2v) is 7.40. The van der Waals surface area contributed by atoms with Gasteiger partial charge in [0.2, 0.25) is 5.91 Å². The van der Waals surface area contributed by atoms with Crippen LogP contribution < -0.4 is 14.8 Å². The minimum atomic E-state index is -0.435. The van der Waals surface area contributed by atoms with E-state index in [1.165, 1.54) is 0 Å². The predicted molar refractivity (Wildman–Crippen MR) is 121 cm³/mol. The van der Waals surface area contributed by atoms with Crippen molar-refractivity contribution in [2.45, 2.75) is 12.5 Å². The average molecular weight is 407 g/mol. The molecule has 1 aliphatic heterocycles. The molecule has 0 unspecified atom stereocenters. The largest absolute Gasteiger partial charge is 0.489 e. The summed E-state index contributed by atoms with van der Waals surface area (Å²) >= 11 is 0. The first-order valence-corrected chi connectivity index (χ1v) is 10.2. The molecule has 1 amide bonds. The van der Waals surface area contributed by atoms with E-state index in [0.717, 1.165) is 28.1 Å². The summed E-state index contributed by atoms with van der Waals surface area (Å²) in [4.78, 5) is 13.3. The molecule has 0 aliphatic carbocycles. The minimum absolute atomic E-state index is 0.0962. The zero-order valence-electron chi connectivity index (χ0n) is 16.8. The van der Waals surface area contributed by atoms with Crippen molar-refractivity contribution >= 4 is 11.6 Å². The zero-order chi connectivity index (χ0) is 21.0. The van der Waals surface area contributed by atoms with Crippen LogP contribution in [0.15, 0.2) is 103 Å². The Morgan fingerprint density at radius 1 is 0.742 bits per heavy atom. The van der Waals surface area contributed by atoms with Crippen LogP contribution in [-0.4, -0.2) is 5.91 Å². The lowest BCUT2D eigenvalue weighted by molar-refractivity contribution is -0.116. The van der Waals surface area contributed by atoms with Crippen LogP contribution in [0.2, 0.25) is 0 Å². The van der Waals surface area contributed by atoms with Crippen LogP contribution in [0.4, 0.5) is 5.69 Å². The number of rotatable bonds is 5. The van der Waals surface area contributed by atoms with Crippen molar-refractivity contribution in [1.29, 1.82) is 0 Å². The first-order valence-electron chi connectivity index (χ1n) is 10.2. The number of hydrogen-bond acceptors (Lipinski definition) is 3. The van der Waals surface area contributed by atoms with E-state index in [0.29, 0.717) is 18.1 Å². The Balaban J connectivity index is 1.32. The van der Waals surface area contributed by atoms with Crippen molar-refractivity contribution in [2.24, 2.45) is 0 Å². The third kappa shape index (κ3) is 4.01. The Morgan fingerprint density at radius 2 is 1.32 bits per heavy atom. The molecule has 4 aromatic carbocycles. The quantitative estimate of drug-likeness (QED) is 0.432. The molecule has 152 valence electrons. The van der Waals surface area contributed by atoms with E-state index < -0.39 is 5.92 Å². The summed E-state index contributed by atoms with van der Waals surface area (Å²) in [7, 11) is 0. The van der Waals surface area contributed by atoms with Crippen molar-refractivity contribution in [1.82, 2.24) is 0 Å². The van der Waals surface area contributed by atoms with Crippen molar-refractivity contribution in [3.05, 3.63) is 120 Å². The van der Waals surface area contributed by atoms with E-state index in [4.69, 9.17) is 9.47 Å². The molecule has 1 aliphatic rings. The Hall–Kier alpha value is -4.05. The van der Waals surface area contributed by atoms with Crippen LogP contribution in [0.5, 0.6) is 17.2 Å². The number of hydrogen-bond donors (Lipinski definition) is 1. The molecule has 0 fully saturated rings. The molecule has 0 atom stereocenters. The van der Waals surface area contributed by atoms with Gasteiger partial charge < -0.3 is 14.8 Å². The van der Waals surface area contributed by atoms with Gasteiger partial charge in [-0.2, -0.15) is 0 Å². The summed E-state index contributed by atoms with van der Waals surface area (Å²) in [5, 5.41) is 3.04. The summed E-state index contributed by atoms with van der Waals surface area (Å²) in [6.45, 7) is 0.502. The van der Waals surface area contributed by atoms with Crippen LogP contribution in [0.1, 0.15) is 22.6 Å². The standard InChI is InChI=1S/C27H21NO3/c29-27(26-22-10-4-6-12-24(22)31-25-13-7-5-11-23(25)26)28-20-14-16-21(17-15-20)30-18-19-8-2-1-3-9-19/h1-17,26H,18H2,(H,28,29). The fourth-order valence-electron chi connectivity index (χ4n) is 3.78. The van der Waals surface area contributed by atoms with Crippen molar-refractivity contribution < 1.29 is 14.3 Å². The summed E-state index contributed by atoms with van der Waals surface area (Å²) < 4.78 is 11.8. The SMILES string of the molecule is O=C(Nc1ccc(OCc2ccccc2)cc1)C1c2ccccc2Oc2ccccc21. The van der Waals surface area contributed by atoms with Gasteiger partial charge in [-0.25, -0.2) is 0 Å². The van der Waals surface area contributed by atoms with Crippen LogP contribution in [0, 0.1) is 0 Å². The molecule has 5 rings (SSSR count). The Labute approximate surface area is 181 Å². The van der Waals surface area contributed by atoms with E-state index in [2.05, 4.69) is 5.32 Å². The van der Waals surface area contributed by atoms with Crippen molar-refractivity contribution in [3.63, 3.8) is 0 Å². The molecular formula is C27H21NO3. The highest BCUT2D eigenvalue weighted by molar-refractivity contribution is 5.99. The monoisotopic (exact) mass is 407 g/mol. The number of fused-ring (bicyclic) bond motifs is 2.